The van der Waals surface area contributed by atoms with Crippen molar-refractivity contribution < 1.29 is 14.3 Å². The Morgan fingerprint density at radius 1 is 1.25 bits per heavy atom. The van der Waals surface area contributed by atoms with E-state index in [0.717, 1.165) is 43.6 Å². The number of anilines is 1. The Kier molecular flexibility index (Phi) is 7.55. The van der Waals surface area contributed by atoms with Gasteiger partial charge in [0, 0.05) is 45.0 Å². The summed E-state index contributed by atoms with van der Waals surface area (Å²) in [7, 11) is 0. The molecule has 1 fully saturated rings. The number of amides is 3. The number of hydrogen-bond donors (Lipinski definition) is 2. The van der Waals surface area contributed by atoms with Gasteiger partial charge in [0.1, 0.15) is 0 Å². The van der Waals surface area contributed by atoms with Gasteiger partial charge in [-0.2, -0.15) is 0 Å². The van der Waals surface area contributed by atoms with Gasteiger partial charge in [-0.05, 0) is 43.9 Å². The second-order valence-electron chi connectivity index (χ2n) is 5.90. The number of benzene rings is 1. The molecule has 1 aromatic carbocycles. The van der Waals surface area contributed by atoms with Crippen LogP contribution in [-0.4, -0.2) is 43.1 Å². The normalized spacial score (nSPS) is 13.8. The van der Waals surface area contributed by atoms with Crippen LogP contribution in [-0.2, 0) is 16.1 Å². The van der Waals surface area contributed by atoms with E-state index in [1.165, 1.54) is 0 Å². The average molecular weight is 333 g/mol. The first kappa shape index (κ1) is 18.3. The number of rotatable bonds is 8. The molecule has 1 saturated heterocycles. The van der Waals surface area contributed by atoms with Crippen molar-refractivity contribution in [1.82, 2.24) is 10.2 Å². The second kappa shape index (κ2) is 9.93. The van der Waals surface area contributed by atoms with Crippen LogP contribution in [0, 0.1) is 0 Å². The van der Waals surface area contributed by atoms with Crippen LogP contribution in [0.1, 0.15) is 38.2 Å². The van der Waals surface area contributed by atoms with Crippen LogP contribution in [0.4, 0.5) is 10.5 Å². The zero-order chi connectivity index (χ0) is 17.2. The lowest BCUT2D eigenvalue weighted by atomic mass is 10.2. The van der Waals surface area contributed by atoms with E-state index in [0.29, 0.717) is 26.2 Å². The first-order chi connectivity index (χ1) is 11.7. The number of hydrogen-bond acceptors (Lipinski definition) is 3. The van der Waals surface area contributed by atoms with Crippen molar-refractivity contribution in [2.45, 2.75) is 39.2 Å². The highest BCUT2D eigenvalue weighted by molar-refractivity contribution is 5.89. The Balaban J connectivity index is 1.75. The third-order valence-corrected chi connectivity index (χ3v) is 3.96. The molecule has 1 aromatic rings. The van der Waals surface area contributed by atoms with E-state index >= 15 is 0 Å². The summed E-state index contributed by atoms with van der Waals surface area (Å²) in [6.45, 7) is 5.34. The highest BCUT2D eigenvalue weighted by Gasteiger charge is 2.17. The molecule has 0 radical (unpaired) electrons. The number of nitrogens with zero attached hydrogens (tertiary/aromatic N) is 1. The van der Waals surface area contributed by atoms with Crippen LogP contribution in [0.25, 0.3) is 0 Å². The summed E-state index contributed by atoms with van der Waals surface area (Å²) >= 11 is 0. The van der Waals surface area contributed by atoms with E-state index in [2.05, 4.69) is 10.6 Å². The van der Waals surface area contributed by atoms with Crippen LogP contribution in [0.15, 0.2) is 24.3 Å². The maximum Gasteiger partial charge on any atom is 0.321 e. The lowest BCUT2D eigenvalue weighted by Gasteiger charge is -2.16. The topological polar surface area (TPSA) is 70.7 Å². The lowest BCUT2D eigenvalue weighted by Crippen LogP contribution is -2.32. The molecular weight excluding hydrogens is 306 g/mol. The van der Waals surface area contributed by atoms with Gasteiger partial charge in [-0.1, -0.05) is 12.1 Å². The summed E-state index contributed by atoms with van der Waals surface area (Å²) in [6, 6.07) is 7.53. The van der Waals surface area contributed by atoms with Gasteiger partial charge in [0.05, 0.1) is 0 Å². The molecule has 24 heavy (non-hydrogen) atoms. The molecule has 1 aliphatic heterocycles. The van der Waals surface area contributed by atoms with Crippen molar-refractivity contribution >= 4 is 17.6 Å². The zero-order valence-corrected chi connectivity index (χ0v) is 14.3. The van der Waals surface area contributed by atoms with Crippen molar-refractivity contribution in [3.8, 4) is 0 Å². The fourth-order valence-corrected chi connectivity index (χ4v) is 2.65. The fourth-order valence-electron chi connectivity index (χ4n) is 2.65. The Bertz CT molecular complexity index is 542. The highest BCUT2D eigenvalue weighted by atomic mass is 16.5. The van der Waals surface area contributed by atoms with Gasteiger partial charge in [-0.15, -0.1) is 0 Å². The molecule has 2 rings (SSSR count). The van der Waals surface area contributed by atoms with Gasteiger partial charge < -0.3 is 20.3 Å². The van der Waals surface area contributed by atoms with E-state index in [1.54, 1.807) is 0 Å². The lowest BCUT2D eigenvalue weighted by molar-refractivity contribution is -0.121. The van der Waals surface area contributed by atoms with Gasteiger partial charge in [0.2, 0.25) is 5.91 Å². The molecular formula is C18H27N3O3. The predicted octanol–water partition coefficient (Wildman–Crippen LogP) is 2.75. The molecule has 3 amide bonds. The monoisotopic (exact) mass is 333 g/mol. The van der Waals surface area contributed by atoms with Gasteiger partial charge in [-0.3, -0.25) is 4.79 Å². The number of ether oxygens (including phenoxy) is 1. The third-order valence-electron chi connectivity index (χ3n) is 3.96. The molecule has 0 aliphatic carbocycles. The quantitative estimate of drug-likeness (QED) is 0.719. The van der Waals surface area contributed by atoms with Gasteiger partial charge in [-0.25, -0.2) is 4.79 Å². The van der Waals surface area contributed by atoms with Crippen LogP contribution in [0.5, 0.6) is 0 Å². The van der Waals surface area contributed by atoms with Crippen LogP contribution in [0.2, 0.25) is 0 Å². The first-order valence-corrected chi connectivity index (χ1v) is 8.68. The van der Waals surface area contributed by atoms with Crippen molar-refractivity contribution in [3.63, 3.8) is 0 Å². The molecule has 6 nitrogen and oxygen atoms in total. The Labute approximate surface area is 143 Å². The summed E-state index contributed by atoms with van der Waals surface area (Å²) < 4.78 is 5.22. The van der Waals surface area contributed by atoms with Crippen LogP contribution in [0.3, 0.4) is 0 Å². The maximum absolute atomic E-state index is 12.1. The molecule has 132 valence electrons. The standard InChI is InChI=1S/C18H27N3O3/c1-2-24-12-6-9-17(22)19-14-15-7-5-8-16(13-15)20-18(23)21-10-3-4-11-21/h5,7-8,13H,2-4,6,9-12,14H2,1H3,(H,19,22)(H,20,23). The molecule has 0 aromatic heterocycles. The summed E-state index contributed by atoms with van der Waals surface area (Å²) in [4.78, 5) is 25.7. The second-order valence-corrected chi connectivity index (χ2v) is 5.90. The Hall–Kier alpha value is -2.08. The molecule has 6 heteroatoms. The third kappa shape index (κ3) is 6.20. The molecule has 0 unspecified atom stereocenters. The van der Waals surface area contributed by atoms with Crippen LogP contribution >= 0.6 is 0 Å². The molecule has 0 atom stereocenters. The van der Waals surface area contributed by atoms with E-state index in [1.807, 2.05) is 36.1 Å². The number of carbonyl (C=O) groups excluding carboxylic acids is 2. The number of carbonyl (C=O) groups is 2. The number of nitrogens with one attached hydrogen (secondary N) is 2. The Morgan fingerprint density at radius 2 is 2.04 bits per heavy atom. The van der Waals surface area contributed by atoms with E-state index in [9.17, 15) is 9.59 Å². The zero-order valence-electron chi connectivity index (χ0n) is 14.3. The minimum atomic E-state index is -0.0513. The largest absolute Gasteiger partial charge is 0.382 e. The predicted molar refractivity (Wildman–Crippen MR) is 93.8 cm³/mol. The SMILES string of the molecule is CCOCCCC(=O)NCc1cccc(NC(=O)N2CCCC2)c1. The summed E-state index contributed by atoms with van der Waals surface area (Å²) in [5, 5.41) is 5.81. The van der Waals surface area contributed by atoms with Crippen LogP contribution < -0.4 is 10.6 Å². The fraction of sp³-hybridized carbons (Fsp3) is 0.556. The molecule has 0 spiro atoms. The molecule has 1 aliphatic rings. The van der Waals surface area contributed by atoms with Gasteiger partial charge in [0.15, 0.2) is 0 Å². The highest BCUT2D eigenvalue weighted by Crippen LogP contribution is 2.14. The van der Waals surface area contributed by atoms with E-state index in [4.69, 9.17) is 4.74 Å². The van der Waals surface area contributed by atoms with Crippen molar-refractivity contribution in [1.29, 1.82) is 0 Å². The number of likely N-dealkylation sites (tertiary alicyclic amines) is 1. The first-order valence-electron chi connectivity index (χ1n) is 8.68. The summed E-state index contributed by atoms with van der Waals surface area (Å²) in [6.07, 6.45) is 3.34. The molecule has 2 N–H and O–H groups in total. The molecule has 0 saturated carbocycles. The minimum Gasteiger partial charge on any atom is -0.382 e. The maximum atomic E-state index is 12.1. The smallest absolute Gasteiger partial charge is 0.321 e. The van der Waals surface area contributed by atoms with Crippen molar-refractivity contribution in [2.24, 2.45) is 0 Å². The summed E-state index contributed by atoms with van der Waals surface area (Å²) in [5.74, 6) is 0.0150. The minimum absolute atomic E-state index is 0.0150. The molecule has 1 heterocycles. The average Bonchev–Trinajstić information content (AvgIpc) is 3.12. The van der Waals surface area contributed by atoms with Gasteiger partial charge >= 0.3 is 6.03 Å². The molecule has 0 bridgehead atoms. The number of urea groups is 1. The van der Waals surface area contributed by atoms with Crippen molar-refractivity contribution in [3.05, 3.63) is 29.8 Å². The van der Waals surface area contributed by atoms with E-state index in [-0.39, 0.29) is 11.9 Å². The summed E-state index contributed by atoms with van der Waals surface area (Å²) in [5.41, 5.74) is 1.72. The van der Waals surface area contributed by atoms with Crippen molar-refractivity contribution in [2.75, 3.05) is 31.6 Å². The van der Waals surface area contributed by atoms with E-state index < -0.39 is 0 Å². The Morgan fingerprint density at radius 3 is 2.79 bits per heavy atom. The van der Waals surface area contributed by atoms with Gasteiger partial charge in [0.25, 0.3) is 0 Å².